The minimum Gasteiger partial charge on any atom is -0.292 e. The zero-order valence-corrected chi connectivity index (χ0v) is 12.3. The van der Waals surface area contributed by atoms with E-state index in [1.165, 1.54) is 36.4 Å². The predicted molar refractivity (Wildman–Crippen MR) is 82.6 cm³/mol. The van der Waals surface area contributed by atoms with E-state index in [0.29, 0.717) is 6.04 Å². The molecule has 1 fully saturated rings. The van der Waals surface area contributed by atoms with Crippen molar-refractivity contribution in [3.05, 3.63) is 58.3 Å². The normalized spacial score (nSPS) is 19.4. The number of benzene rings is 1. The minimum absolute atomic E-state index is 0.452. The van der Waals surface area contributed by atoms with Crippen LogP contribution in [-0.4, -0.2) is 18.0 Å². The van der Waals surface area contributed by atoms with Crippen LogP contribution < -0.4 is 0 Å². The molecule has 3 rings (SSSR count). The van der Waals surface area contributed by atoms with Crippen LogP contribution in [0.3, 0.4) is 0 Å². The SMILES string of the molecule is CC1CCN(C(c2ccccc2)c2cccs2)CC1. The first-order valence-corrected chi connectivity index (χ1v) is 8.05. The summed E-state index contributed by atoms with van der Waals surface area (Å²) in [6.07, 6.45) is 2.66. The topological polar surface area (TPSA) is 3.24 Å². The van der Waals surface area contributed by atoms with E-state index in [1.54, 1.807) is 0 Å². The first-order chi connectivity index (χ1) is 9.34. The summed E-state index contributed by atoms with van der Waals surface area (Å²) >= 11 is 1.88. The third kappa shape index (κ3) is 2.90. The second-order valence-corrected chi connectivity index (χ2v) is 6.53. The van der Waals surface area contributed by atoms with E-state index in [1.807, 2.05) is 11.3 Å². The average Bonchev–Trinajstić information content (AvgIpc) is 2.96. The highest BCUT2D eigenvalue weighted by molar-refractivity contribution is 7.10. The summed E-state index contributed by atoms with van der Waals surface area (Å²) < 4.78 is 0. The highest BCUT2D eigenvalue weighted by atomic mass is 32.1. The van der Waals surface area contributed by atoms with Crippen LogP contribution in [0.1, 0.15) is 36.2 Å². The molecule has 1 unspecified atom stereocenters. The van der Waals surface area contributed by atoms with Gasteiger partial charge < -0.3 is 0 Å². The molecule has 2 aromatic rings. The monoisotopic (exact) mass is 271 g/mol. The second-order valence-electron chi connectivity index (χ2n) is 5.55. The smallest absolute Gasteiger partial charge is 0.0696 e. The number of rotatable bonds is 3. The van der Waals surface area contributed by atoms with Crippen molar-refractivity contribution in [2.24, 2.45) is 5.92 Å². The van der Waals surface area contributed by atoms with Gasteiger partial charge >= 0.3 is 0 Å². The van der Waals surface area contributed by atoms with E-state index in [2.05, 4.69) is 59.7 Å². The van der Waals surface area contributed by atoms with Crippen molar-refractivity contribution in [3.63, 3.8) is 0 Å². The molecule has 2 heterocycles. The molecule has 0 N–H and O–H groups in total. The molecule has 100 valence electrons. The van der Waals surface area contributed by atoms with E-state index in [0.717, 1.165) is 5.92 Å². The van der Waals surface area contributed by atoms with Crippen molar-refractivity contribution in [2.45, 2.75) is 25.8 Å². The zero-order valence-electron chi connectivity index (χ0n) is 11.5. The van der Waals surface area contributed by atoms with Crippen molar-refractivity contribution < 1.29 is 0 Å². The Bertz CT molecular complexity index is 483. The molecule has 1 atom stereocenters. The fraction of sp³-hybridized carbons (Fsp3) is 0.412. The van der Waals surface area contributed by atoms with Gasteiger partial charge in [-0.25, -0.2) is 0 Å². The minimum atomic E-state index is 0.452. The number of thiophene rings is 1. The van der Waals surface area contributed by atoms with Gasteiger partial charge in [0.05, 0.1) is 6.04 Å². The summed E-state index contributed by atoms with van der Waals surface area (Å²) in [6.45, 7) is 4.82. The Morgan fingerprint density at radius 2 is 1.79 bits per heavy atom. The Morgan fingerprint density at radius 3 is 2.42 bits per heavy atom. The summed E-state index contributed by atoms with van der Waals surface area (Å²) in [5.74, 6) is 0.885. The van der Waals surface area contributed by atoms with Gasteiger partial charge in [0.1, 0.15) is 0 Å². The van der Waals surface area contributed by atoms with E-state index in [9.17, 15) is 0 Å². The molecular formula is C17H21NS. The van der Waals surface area contributed by atoms with Crippen molar-refractivity contribution in [3.8, 4) is 0 Å². The maximum atomic E-state index is 2.65. The van der Waals surface area contributed by atoms with Crippen LogP contribution in [0.2, 0.25) is 0 Å². The standard InChI is InChI=1S/C17H21NS/c1-14-9-11-18(12-10-14)17(16-8-5-13-19-16)15-6-3-2-4-7-15/h2-8,13-14,17H,9-12H2,1H3. The Balaban J connectivity index is 1.89. The van der Waals surface area contributed by atoms with Crippen LogP contribution in [0.15, 0.2) is 47.8 Å². The van der Waals surface area contributed by atoms with Crippen LogP contribution in [-0.2, 0) is 0 Å². The van der Waals surface area contributed by atoms with Crippen molar-refractivity contribution in [1.29, 1.82) is 0 Å². The lowest BCUT2D eigenvalue weighted by atomic mass is 9.95. The zero-order chi connectivity index (χ0) is 13.1. The van der Waals surface area contributed by atoms with Crippen molar-refractivity contribution >= 4 is 11.3 Å². The number of likely N-dealkylation sites (tertiary alicyclic amines) is 1. The Hall–Kier alpha value is -1.12. The highest BCUT2D eigenvalue weighted by Gasteiger charge is 2.26. The lowest BCUT2D eigenvalue weighted by Gasteiger charge is -2.36. The highest BCUT2D eigenvalue weighted by Crippen LogP contribution is 2.34. The van der Waals surface area contributed by atoms with Gasteiger partial charge in [-0.15, -0.1) is 11.3 Å². The van der Waals surface area contributed by atoms with Gasteiger partial charge in [-0.3, -0.25) is 4.90 Å². The van der Waals surface area contributed by atoms with Crippen LogP contribution >= 0.6 is 11.3 Å². The molecule has 1 aliphatic heterocycles. The molecule has 2 heteroatoms. The van der Waals surface area contributed by atoms with Gasteiger partial charge in [0, 0.05) is 4.88 Å². The molecule has 1 aliphatic rings. The molecule has 1 nitrogen and oxygen atoms in total. The summed E-state index contributed by atoms with van der Waals surface area (Å²) in [7, 11) is 0. The summed E-state index contributed by atoms with van der Waals surface area (Å²) in [5, 5.41) is 2.19. The fourth-order valence-corrected chi connectivity index (χ4v) is 3.81. The third-order valence-electron chi connectivity index (χ3n) is 4.11. The summed E-state index contributed by atoms with van der Waals surface area (Å²) in [4.78, 5) is 4.13. The van der Waals surface area contributed by atoms with Gasteiger partial charge in [0.2, 0.25) is 0 Å². The van der Waals surface area contributed by atoms with E-state index < -0.39 is 0 Å². The molecule has 0 amide bonds. The molecule has 1 aromatic carbocycles. The van der Waals surface area contributed by atoms with Crippen molar-refractivity contribution in [2.75, 3.05) is 13.1 Å². The van der Waals surface area contributed by atoms with Gasteiger partial charge in [0.25, 0.3) is 0 Å². The van der Waals surface area contributed by atoms with Gasteiger partial charge in [-0.05, 0) is 48.9 Å². The number of nitrogens with zero attached hydrogens (tertiary/aromatic N) is 1. The van der Waals surface area contributed by atoms with Gasteiger partial charge in [-0.1, -0.05) is 43.3 Å². The molecule has 19 heavy (non-hydrogen) atoms. The van der Waals surface area contributed by atoms with E-state index >= 15 is 0 Å². The molecule has 0 radical (unpaired) electrons. The van der Waals surface area contributed by atoms with Crippen LogP contribution in [0.4, 0.5) is 0 Å². The molecule has 0 spiro atoms. The quantitative estimate of drug-likeness (QED) is 0.790. The molecule has 0 bridgehead atoms. The van der Waals surface area contributed by atoms with Crippen LogP contribution in [0.25, 0.3) is 0 Å². The van der Waals surface area contributed by atoms with Crippen LogP contribution in [0, 0.1) is 5.92 Å². The van der Waals surface area contributed by atoms with Crippen LogP contribution in [0.5, 0.6) is 0 Å². The first-order valence-electron chi connectivity index (χ1n) is 7.17. The number of hydrogen-bond donors (Lipinski definition) is 0. The van der Waals surface area contributed by atoms with Gasteiger partial charge in [-0.2, -0.15) is 0 Å². The lowest BCUT2D eigenvalue weighted by Crippen LogP contribution is -2.36. The molecule has 0 aliphatic carbocycles. The number of piperidine rings is 1. The first kappa shape index (κ1) is 12.9. The molecule has 1 aromatic heterocycles. The Morgan fingerprint density at radius 1 is 1.05 bits per heavy atom. The number of hydrogen-bond acceptors (Lipinski definition) is 2. The maximum absolute atomic E-state index is 2.65. The Labute approximate surface area is 119 Å². The third-order valence-corrected chi connectivity index (χ3v) is 5.04. The van der Waals surface area contributed by atoms with E-state index in [4.69, 9.17) is 0 Å². The average molecular weight is 271 g/mol. The predicted octanol–water partition coefficient (Wildman–Crippen LogP) is 4.57. The molecule has 0 saturated carbocycles. The maximum Gasteiger partial charge on any atom is 0.0696 e. The fourth-order valence-electron chi connectivity index (χ4n) is 2.92. The second kappa shape index (κ2) is 5.89. The largest absolute Gasteiger partial charge is 0.292 e. The van der Waals surface area contributed by atoms with E-state index in [-0.39, 0.29) is 0 Å². The van der Waals surface area contributed by atoms with Crippen molar-refractivity contribution in [1.82, 2.24) is 4.90 Å². The summed E-state index contributed by atoms with van der Waals surface area (Å²) in [6, 6.07) is 15.8. The summed E-state index contributed by atoms with van der Waals surface area (Å²) in [5.41, 5.74) is 1.43. The molecule has 1 saturated heterocycles. The van der Waals surface area contributed by atoms with Gasteiger partial charge in [0.15, 0.2) is 0 Å². The molecular weight excluding hydrogens is 250 g/mol. The lowest BCUT2D eigenvalue weighted by molar-refractivity contribution is 0.159. The Kier molecular flexibility index (Phi) is 4.00.